The molecule has 0 fully saturated rings. The lowest BCUT2D eigenvalue weighted by Gasteiger charge is -2.11. The Morgan fingerprint density at radius 1 is 1.50 bits per heavy atom. The first-order chi connectivity index (χ1) is 8.36. The lowest BCUT2D eigenvalue weighted by atomic mass is 10.2. The van der Waals surface area contributed by atoms with Gasteiger partial charge in [-0.1, -0.05) is 11.8 Å². The Morgan fingerprint density at radius 3 is 2.61 bits per heavy atom. The molecule has 0 saturated heterocycles. The Morgan fingerprint density at radius 2 is 2.11 bits per heavy atom. The molecular formula is C10H13N3O4S. The number of carbonyl (C=O) groups excluding carboxylic acids is 1. The maximum atomic E-state index is 11.4. The van der Waals surface area contributed by atoms with Gasteiger partial charge in [0, 0.05) is 12.7 Å². The second-order valence-electron chi connectivity index (χ2n) is 3.53. The minimum Gasteiger partial charge on any atom is -0.478 e. The summed E-state index contributed by atoms with van der Waals surface area (Å²) in [5.74, 6) is -1.46. The summed E-state index contributed by atoms with van der Waals surface area (Å²) in [6.07, 6.45) is 0. The van der Waals surface area contributed by atoms with Crippen molar-refractivity contribution in [2.75, 3.05) is 7.05 Å². The van der Waals surface area contributed by atoms with Gasteiger partial charge < -0.3 is 15.4 Å². The van der Waals surface area contributed by atoms with E-state index in [1.54, 1.807) is 6.92 Å². The van der Waals surface area contributed by atoms with Crippen LogP contribution in [0.5, 0.6) is 0 Å². The second-order valence-corrected chi connectivity index (χ2v) is 4.86. The highest BCUT2D eigenvalue weighted by atomic mass is 32.2. The van der Waals surface area contributed by atoms with Gasteiger partial charge >= 0.3 is 11.7 Å². The number of carbonyl (C=O) groups is 2. The Kier molecular flexibility index (Phi) is 4.49. The van der Waals surface area contributed by atoms with Gasteiger partial charge in [-0.3, -0.25) is 4.79 Å². The second kappa shape index (κ2) is 5.67. The number of rotatable bonds is 4. The normalized spacial score (nSPS) is 11.9. The number of aromatic carboxylic acids is 1. The molecule has 0 aromatic carbocycles. The molecule has 1 aromatic heterocycles. The van der Waals surface area contributed by atoms with E-state index in [4.69, 9.17) is 5.11 Å². The maximum Gasteiger partial charge on any atom is 0.346 e. The molecule has 0 bridgehead atoms. The number of carboxylic acids is 1. The van der Waals surface area contributed by atoms with Gasteiger partial charge in [-0.05, 0) is 13.8 Å². The minimum atomic E-state index is -1.19. The predicted molar refractivity (Wildman–Crippen MR) is 65.9 cm³/mol. The van der Waals surface area contributed by atoms with Crippen LogP contribution in [0.15, 0.2) is 9.82 Å². The molecule has 1 heterocycles. The monoisotopic (exact) mass is 271 g/mol. The molecule has 1 unspecified atom stereocenters. The van der Waals surface area contributed by atoms with Crippen molar-refractivity contribution in [1.82, 2.24) is 15.3 Å². The van der Waals surface area contributed by atoms with Crippen molar-refractivity contribution in [3.05, 3.63) is 21.7 Å². The highest BCUT2D eigenvalue weighted by Gasteiger charge is 2.21. The van der Waals surface area contributed by atoms with Crippen molar-refractivity contribution >= 4 is 23.6 Å². The first-order valence-corrected chi connectivity index (χ1v) is 5.97. The standard InChI is InChI=1S/C10H13N3O4S/c1-4-6(9(15)16)8(13-10(17)12-4)18-5(2)7(14)11-3/h5H,1-3H3,(H,11,14)(H,15,16)(H,12,13,17). The molecule has 0 aliphatic rings. The molecule has 1 rings (SSSR count). The third-order valence-corrected chi connectivity index (χ3v) is 3.29. The quantitative estimate of drug-likeness (QED) is 0.525. The van der Waals surface area contributed by atoms with Crippen molar-refractivity contribution in [3.63, 3.8) is 0 Å². The number of aromatic nitrogens is 2. The predicted octanol–water partition coefficient (Wildman–Crippen LogP) is 0.00312. The molecule has 3 N–H and O–H groups in total. The van der Waals surface area contributed by atoms with Crippen LogP contribution in [0.2, 0.25) is 0 Å². The van der Waals surface area contributed by atoms with Crippen LogP contribution in [0.25, 0.3) is 0 Å². The summed E-state index contributed by atoms with van der Waals surface area (Å²) in [5, 5.41) is 11.0. The molecule has 7 nitrogen and oxygen atoms in total. The van der Waals surface area contributed by atoms with Crippen LogP contribution in [0.1, 0.15) is 23.0 Å². The summed E-state index contributed by atoms with van der Waals surface area (Å²) >= 11 is 0.936. The van der Waals surface area contributed by atoms with Crippen LogP contribution in [0.3, 0.4) is 0 Å². The highest BCUT2D eigenvalue weighted by molar-refractivity contribution is 8.00. The fraction of sp³-hybridized carbons (Fsp3) is 0.400. The molecule has 0 radical (unpaired) electrons. The van der Waals surface area contributed by atoms with Gasteiger partial charge in [0.05, 0.1) is 5.25 Å². The number of H-pyrrole nitrogens is 1. The van der Waals surface area contributed by atoms with E-state index in [1.165, 1.54) is 14.0 Å². The number of hydrogen-bond donors (Lipinski definition) is 3. The lowest BCUT2D eigenvalue weighted by Crippen LogP contribution is -2.28. The fourth-order valence-electron chi connectivity index (χ4n) is 1.32. The lowest BCUT2D eigenvalue weighted by molar-refractivity contribution is -0.119. The van der Waals surface area contributed by atoms with Gasteiger partial charge in [0.15, 0.2) is 0 Å². The summed E-state index contributed by atoms with van der Waals surface area (Å²) < 4.78 is 0. The molecule has 0 spiro atoms. The average Bonchev–Trinajstić information content (AvgIpc) is 2.26. The highest BCUT2D eigenvalue weighted by Crippen LogP contribution is 2.25. The zero-order valence-electron chi connectivity index (χ0n) is 10.1. The SMILES string of the molecule is CNC(=O)C(C)Sc1nc(=O)[nH]c(C)c1C(=O)O. The molecule has 18 heavy (non-hydrogen) atoms. The van der Waals surface area contributed by atoms with Gasteiger partial charge in [0.1, 0.15) is 10.6 Å². The third-order valence-electron chi connectivity index (χ3n) is 2.20. The van der Waals surface area contributed by atoms with E-state index >= 15 is 0 Å². The van der Waals surface area contributed by atoms with Crippen molar-refractivity contribution in [3.8, 4) is 0 Å². The van der Waals surface area contributed by atoms with Crippen LogP contribution >= 0.6 is 11.8 Å². The van der Waals surface area contributed by atoms with E-state index in [2.05, 4.69) is 15.3 Å². The van der Waals surface area contributed by atoms with Crippen molar-refractivity contribution in [2.24, 2.45) is 0 Å². The van der Waals surface area contributed by atoms with Crippen LogP contribution < -0.4 is 11.0 Å². The minimum absolute atomic E-state index is 0.0415. The van der Waals surface area contributed by atoms with Gasteiger partial charge in [0.2, 0.25) is 5.91 Å². The van der Waals surface area contributed by atoms with E-state index in [-0.39, 0.29) is 22.2 Å². The number of nitrogens with zero attached hydrogens (tertiary/aromatic N) is 1. The van der Waals surface area contributed by atoms with Crippen LogP contribution in [0.4, 0.5) is 0 Å². The topological polar surface area (TPSA) is 112 Å². The van der Waals surface area contributed by atoms with Gasteiger partial charge in [-0.15, -0.1) is 0 Å². The first kappa shape index (κ1) is 14.2. The van der Waals surface area contributed by atoms with E-state index in [0.717, 1.165) is 11.8 Å². The zero-order chi connectivity index (χ0) is 13.9. The molecule has 0 saturated carbocycles. The average molecular weight is 271 g/mol. The molecular weight excluding hydrogens is 258 g/mol. The summed E-state index contributed by atoms with van der Waals surface area (Å²) in [7, 11) is 1.48. The number of hydrogen-bond acceptors (Lipinski definition) is 5. The summed E-state index contributed by atoms with van der Waals surface area (Å²) in [5.41, 5.74) is -0.506. The number of nitrogens with one attached hydrogen (secondary N) is 2. The summed E-state index contributed by atoms with van der Waals surface area (Å²) in [6, 6.07) is 0. The molecule has 0 aliphatic heterocycles. The number of carboxylic acid groups (broad SMARTS) is 1. The molecule has 8 heteroatoms. The fourth-order valence-corrected chi connectivity index (χ4v) is 2.37. The van der Waals surface area contributed by atoms with E-state index in [9.17, 15) is 14.4 Å². The van der Waals surface area contributed by atoms with Gasteiger partial charge in [-0.2, -0.15) is 4.98 Å². The van der Waals surface area contributed by atoms with Crippen LogP contribution in [0, 0.1) is 6.92 Å². The summed E-state index contributed by atoms with van der Waals surface area (Å²) in [6.45, 7) is 3.08. The third kappa shape index (κ3) is 3.10. The van der Waals surface area contributed by atoms with Crippen molar-refractivity contribution in [1.29, 1.82) is 0 Å². The Hall–Kier alpha value is -1.83. The largest absolute Gasteiger partial charge is 0.478 e. The summed E-state index contributed by atoms with van der Waals surface area (Å²) in [4.78, 5) is 39.6. The van der Waals surface area contributed by atoms with E-state index in [0.29, 0.717) is 0 Å². The Labute approximate surface area is 107 Å². The molecule has 98 valence electrons. The molecule has 0 aliphatic carbocycles. The van der Waals surface area contributed by atoms with Crippen LogP contribution in [-0.4, -0.2) is 39.2 Å². The van der Waals surface area contributed by atoms with E-state index < -0.39 is 16.9 Å². The molecule has 1 atom stereocenters. The Balaban J connectivity index is 3.19. The van der Waals surface area contributed by atoms with Crippen molar-refractivity contribution < 1.29 is 14.7 Å². The zero-order valence-corrected chi connectivity index (χ0v) is 10.9. The number of aromatic amines is 1. The van der Waals surface area contributed by atoms with Gasteiger partial charge in [-0.25, -0.2) is 9.59 Å². The number of thioether (sulfide) groups is 1. The maximum absolute atomic E-state index is 11.4. The smallest absolute Gasteiger partial charge is 0.346 e. The molecule has 1 amide bonds. The number of amides is 1. The number of aryl methyl sites for hydroxylation is 1. The van der Waals surface area contributed by atoms with Gasteiger partial charge in [0.25, 0.3) is 0 Å². The van der Waals surface area contributed by atoms with Crippen molar-refractivity contribution in [2.45, 2.75) is 24.1 Å². The Bertz CT molecular complexity index is 540. The van der Waals surface area contributed by atoms with E-state index in [1.807, 2.05) is 0 Å². The first-order valence-electron chi connectivity index (χ1n) is 5.09. The molecule has 1 aromatic rings. The van der Waals surface area contributed by atoms with Crippen LogP contribution in [-0.2, 0) is 4.79 Å².